The summed E-state index contributed by atoms with van der Waals surface area (Å²) in [5, 5.41) is 4.40. The van der Waals surface area contributed by atoms with E-state index in [1.165, 1.54) is 4.68 Å². The molecule has 0 spiro atoms. The summed E-state index contributed by atoms with van der Waals surface area (Å²) in [6.07, 6.45) is 6.49. The summed E-state index contributed by atoms with van der Waals surface area (Å²) in [6, 6.07) is 5.63. The third kappa shape index (κ3) is 4.43. The highest BCUT2D eigenvalue weighted by atomic mass is 19.1. The third-order valence-corrected chi connectivity index (χ3v) is 6.49. The summed E-state index contributed by atoms with van der Waals surface area (Å²) in [7, 11) is 0. The van der Waals surface area contributed by atoms with Crippen LogP contribution in [0.1, 0.15) is 52.5 Å². The molecule has 5 heterocycles. The number of ether oxygens (including phenoxy) is 1. The number of amides is 1. The molecule has 3 aromatic heterocycles. The molecule has 2 fully saturated rings. The molecule has 3 aromatic rings. The first kappa shape index (κ1) is 22.6. The van der Waals surface area contributed by atoms with Crippen LogP contribution in [0.2, 0.25) is 0 Å². The van der Waals surface area contributed by atoms with Crippen LogP contribution in [0.3, 0.4) is 0 Å². The van der Waals surface area contributed by atoms with E-state index in [0.717, 1.165) is 37.3 Å². The second kappa shape index (κ2) is 8.85. The van der Waals surface area contributed by atoms with Gasteiger partial charge >= 0.3 is 6.09 Å². The number of nitrogens with zero attached hydrogens (tertiary/aromatic N) is 6. The van der Waals surface area contributed by atoms with Crippen LogP contribution in [0.15, 0.2) is 30.6 Å². The summed E-state index contributed by atoms with van der Waals surface area (Å²) < 4.78 is 22.6. The van der Waals surface area contributed by atoms with Crippen LogP contribution in [-0.2, 0) is 4.74 Å². The maximum Gasteiger partial charge on any atom is 0.410 e. The lowest BCUT2D eigenvalue weighted by Gasteiger charge is -2.33. The number of carbonyl (C=O) groups is 1. The Morgan fingerprint density at radius 3 is 2.50 bits per heavy atom. The van der Waals surface area contributed by atoms with Crippen LogP contribution in [0.4, 0.5) is 15.0 Å². The molecule has 0 aliphatic carbocycles. The van der Waals surface area contributed by atoms with Gasteiger partial charge in [0.2, 0.25) is 5.95 Å². The molecule has 0 aromatic carbocycles. The van der Waals surface area contributed by atoms with Crippen molar-refractivity contribution >= 4 is 22.9 Å². The van der Waals surface area contributed by atoms with Gasteiger partial charge in [-0.3, -0.25) is 4.98 Å². The minimum Gasteiger partial charge on any atom is -0.444 e. The van der Waals surface area contributed by atoms with Gasteiger partial charge in [0.1, 0.15) is 11.4 Å². The van der Waals surface area contributed by atoms with Crippen molar-refractivity contribution in [1.29, 1.82) is 0 Å². The number of piperidine rings is 1. The van der Waals surface area contributed by atoms with Gasteiger partial charge in [-0.2, -0.15) is 9.49 Å². The lowest BCUT2D eigenvalue weighted by molar-refractivity contribution is 0.0181. The number of fused-ring (bicyclic) bond motifs is 1. The summed E-state index contributed by atoms with van der Waals surface area (Å²) >= 11 is 0. The molecular formula is C25H31FN6O2. The van der Waals surface area contributed by atoms with Crippen LogP contribution in [0.5, 0.6) is 0 Å². The SMILES string of the molecule is CC(C)(C)OC(=O)N1CCC(n2ncc(-c3ccnc4ccc(N5CCCC5)nc34)c2F)CC1. The van der Waals surface area contributed by atoms with Gasteiger partial charge in [-0.15, -0.1) is 0 Å². The quantitative estimate of drug-likeness (QED) is 0.552. The standard InChI is InChI=1S/C25H31FN6O2/c1-25(2,3)34-24(33)31-14-9-17(10-15-31)32-23(26)19(16-28-32)18-8-11-27-20-6-7-21(29-22(18)20)30-12-4-5-13-30/h6-8,11,16-17H,4-5,9-10,12-15H2,1-3H3. The Morgan fingerprint density at radius 2 is 1.79 bits per heavy atom. The average Bonchev–Trinajstić information content (AvgIpc) is 3.48. The van der Waals surface area contributed by atoms with E-state index >= 15 is 4.39 Å². The fraction of sp³-hybridized carbons (Fsp3) is 0.520. The zero-order valence-electron chi connectivity index (χ0n) is 20.0. The first-order valence-corrected chi connectivity index (χ1v) is 12.0. The minimum absolute atomic E-state index is 0.117. The molecule has 0 atom stereocenters. The van der Waals surface area contributed by atoms with E-state index in [4.69, 9.17) is 9.72 Å². The third-order valence-electron chi connectivity index (χ3n) is 6.49. The number of rotatable bonds is 3. The normalized spacial score (nSPS) is 17.5. The first-order valence-electron chi connectivity index (χ1n) is 12.0. The highest BCUT2D eigenvalue weighted by molar-refractivity contribution is 5.91. The molecule has 34 heavy (non-hydrogen) atoms. The predicted octanol–water partition coefficient (Wildman–Crippen LogP) is 4.80. The zero-order chi connectivity index (χ0) is 23.9. The average molecular weight is 467 g/mol. The lowest BCUT2D eigenvalue weighted by atomic mass is 10.1. The molecule has 1 amide bonds. The van der Waals surface area contributed by atoms with Gasteiger partial charge in [0, 0.05) is 37.9 Å². The molecule has 9 heteroatoms. The molecule has 0 bridgehead atoms. The van der Waals surface area contributed by atoms with E-state index in [0.29, 0.717) is 42.6 Å². The van der Waals surface area contributed by atoms with Gasteiger partial charge in [0.15, 0.2) is 0 Å². The van der Waals surface area contributed by atoms with Crippen molar-refractivity contribution in [2.24, 2.45) is 0 Å². The molecule has 8 nitrogen and oxygen atoms in total. The van der Waals surface area contributed by atoms with Gasteiger partial charge in [0.05, 0.1) is 28.8 Å². The fourth-order valence-corrected chi connectivity index (χ4v) is 4.76. The summed E-state index contributed by atoms with van der Waals surface area (Å²) in [5.74, 6) is 0.526. The van der Waals surface area contributed by atoms with Crippen molar-refractivity contribution in [2.45, 2.75) is 58.1 Å². The van der Waals surface area contributed by atoms with Crippen molar-refractivity contribution in [1.82, 2.24) is 24.6 Å². The smallest absolute Gasteiger partial charge is 0.410 e. The van der Waals surface area contributed by atoms with Crippen molar-refractivity contribution in [3.8, 4) is 11.1 Å². The van der Waals surface area contributed by atoms with Crippen LogP contribution in [0, 0.1) is 5.95 Å². The first-order chi connectivity index (χ1) is 16.3. The second-order valence-corrected chi connectivity index (χ2v) is 10.1. The van der Waals surface area contributed by atoms with Crippen LogP contribution >= 0.6 is 0 Å². The molecule has 5 rings (SSSR count). The number of anilines is 1. The highest BCUT2D eigenvalue weighted by Crippen LogP contribution is 2.33. The molecule has 180 valence electrons. The Kier molecular flexibility index (Phi) is 5.87. The molecule has 2 aliphatic heterocycles. The topological polar surface area (TPSA) is 76.4 Å². The van der Waals surface area contributed by atoms with E-state index in [9.17, 15) is 4.79 Å². The molecule has 0 radical (unpaired) electrons. The Balaban J connectivity index is 1.37. The van der Waals surface area contributed by atoms with Crippen LogP contribution < -0.4 is 4.90 Å². The minimum atomic E-state index is -0.535. The van der Waals surface area contributed by atoms with Crippen molar-refractivity contribution in [3.05, 3.63) is 36.5 Å². The molecular weight excluding hydrogens is 435 g/mol. The predicted molar refractivity (Wildman–Crippen MR) is 128 cm³/mol. The van der Waals surface area contributed by atoms with Gasteiger partial charge < -0.3 is 14.5 Å². The van der Waals surface area contributed by atoms with Gasteiger partial charge in [-0.1, -0.05) is 0 Å². The maximum absolute atomic E-state index is 15.6. The highest BCUT2D eigenvalue weighted by Gasteiger charge is 2.30. The number of carbonyl (C=O) groups excluding carboxylic acids is 1. The zero-order valence-corrected chi connectivity index (χ0v) is 20.0. The number of hydrogen-bond acceptors (Lipinski definition) is 6. The van der Waals surface area contributed by atoms with Gasteiger partial charge in [0.25, 0.3) is 0 Å². The number of likely N-dealkylation sites (tertiary alicyclic amines) is 1. The Hall–Kier alpha value is -3.23. The fourth-order valence-electron chi connectivity index (χ4n) is 4.76. The van der Waals surface area contributed by atoms with Crippen LogP contribution in [0.25, 0.3) is 22.2 Å². The maximum atomic E-state index is 15.6. The second-order valence-electron chi connectivity index (χ2n) is 10.1. The van der Waals surface area contributed by atoms with E-state index in [1.807, 2.05) is 32.9 Å². The monoisotopic (exact) mass is 466 g/mol. The van der Waals surface area contributed by atoms with Gasteiger partial charge in [-0.25, -0.2) is 14.5 Å². The number of hydrogen-bond donors (Lipinski definition) is 0. The molecule has 2 aliphatic rings. The number of halogens is 1. The van der Waals surface area contributed by atoms with E-state index in [2.05, 4.69) is 15.0 Å². The Labute approximate surface area is 198 Å². The van der Waals surface area contributed by atoms with Gasteiger partial charge in [-0.05, 0) is 64.7 Å². The Morgan fingerprint density at radius 1 is 1.06 bits per heavy atom. The van der Waals surface area contributed by atoms with Crippen molar-refractivity contribution < 1.29 is 13.9 Å². The number of pyridine rings is 2. The van der Waals surface area contributed by atoms with E-state index in [1.54, 1.807) is 23.4 Å². The summed E-state index contributed by atoms with van der Waals surface area (Å²) in [5.41, 5.74) is 2.00. The van der Waals surface area contributed by atoms with Crippen molar-refractivity contribution in [2.75, 3.05) is 31.1 Å². The molecule has 0 N–H and O–H groups in total. The van der Waals surface area contributed by atoms with E-state index in [-0.39, 0.29) is 18.1 Å². The number of aromatic nitrogens is 4. The Bertz CT molecular complexity index is 1190. The molecule has 0 saturated carbocycles. The largest absolute Gasteiger partial charge is 0.444 e. The molecule has 0 unspecified atom stereocenters. The summed E-state index contributed by atoms with van der Waals surface area (Å²) in [6.45, 7) is 8.54. The van der Waals surface area contributed by atoms with E-state index < -0.39 is 5.60 Å². The van der Waals surface area contributed by atoms with Crippen molar-refractivity contribution in [3.63, 3.8) is 0 Å². The summed E-state index contributed by atoms with van der Waals surface area (Å²) in [4.78, 5) is 25.6. The lowest BCUT2D eigenvalue weighted by Crippen LogP contribution is -2.42. The van der Waals surface area contributed by atoms with Crippen LogP contribution in [-0.4, -0.2) is 62.5 Å². The molecule has 2 saturated heterocycles.